The van der Waals surface area contributed by atoms with Gasteiger partial charge in [-0.15, -0.1) is 0 Å². The van der Waals surface area contributed by atoms with Gasteiger partial charge in [-0.2, -0.15) is 11.8 Å². The summed E-state index contributed by atoms with van der Waals surface area (Å²) in [4.78, 5) is 10.6. The molecule has 0 aliphatic rings. The summed E-state index contributed by atoms with van der Waals surface area (Å²) in [5.41, 5.74) is 0. The number of carbonyl (C=O) groups excluding carboxylic acids is 1. The Labute approximate surface area is 77.5 Å². The first kappa shape index (κ1) is 11.8. The number of carbonyl (C=O) groups is 1. The van der Waals surface area contributed by atoms with Gasteiger partial charge in [0, 0.05) is 12.4 Å². The van der Waals surface area contributed by atoms with Gasteiger partial charge in [0.1, 0.15) is 0 Å². The lowest BCUT2D eigenvalue weighted by Crippen LogP contribution is -2.01. The third kappa shape index (κ3) is 7.88. The Bertz CT molecular complexity index is 117. The van der Waals surface area contributed by atoms with Crippen molar-refractivity contribution in [3.05, 3.63) is 0 Å². The second kappa shape index (κ2) is 8.87. The highest BCUT2D eigenvalue weighted by atomic mass is 32.2. The van der Waals surface area contributed by atoms with Gasteiger partial charge in [-0.3, -0.25) is 4.79 Å². The van der Waals surface area contributed by atoms with Crippen LogP contribution >= 0.6 is 11.8 Å². The van der Waals surface area contributed by atoms with Gasteiger partial charge in [-0.25, -0.2) is 0 Å². The molecule has 0 aliphatic carbocycles. The van der Waals surface area contributed by atoms with Gasteiger partial charge in [0.05, 0.1) is 13.5 Å². The number of aliphatic hydroxyl groups excluding tert-OH is 1. The lowest BCUT2D eigenvalue weighted by molar-refractivity contribution is -0.140. The monoisotopic (exact) mass is 192 g/mol. The maximum Gasteiger partial charge on any atom is 0.306 e. The van der Waals surface area contributed by atoms with Crippen LogP contribution in [0.3, 0.4) is 0 Å². The van der Waals surface area contributed by atoms with E-state index >= 15 is 0 Å². The van der Waals surface area contributed by atoms with Crippen molar-refractivity contribution in [1.29, 1.82) is 0 Å². The number of aliphatic hydroxyl groups is 1. The van der Waals surface area contributed by atoms with Crippen LogP contribution in [0.25, 0.3) is 0 Å². The molecule has 0 spiro atoms. The lowest BCUT2D eigenvalue weighted by Gasteiger charge is -1.99. The van der Waals surface area contributed by atoms with E-state index in [0.717, 1.165) is 24.3 Å². The van der Waals surface area contributed by atoms with Crippen molar-refractivity contribution in [2.45, 2.75) is 19.3 Å². The Kier molecular flexibility index (Phi) is 8.71. The Morgan fingerprint density at radius 3 is 2.75 bits per heavy atom. The lowest BCUT2D eigenvalue weighted by atomic mass is 10.4. The van der Waals surface area contributed by atoms with Crippen LogP contribution < -0.4 is 0 Å². The molecule has 1 N–H and O–H groups in total. The molecule has 0 fully saturated rings. The molecule has 72 valence electrons. The minimum absolute atomic E-state index is 0.148. The van der Waals surface area contributed by atoms with Crippen molar-refractivity contribution in [2.24, 2.45) is 0 Å². The van der Waals surface area contributed by atoms with Gasteiger partial charge in [0.25, 0.3) is 0 Å². The number of methoxy groups -OCH3 is 1. The Morgan fingerprint density at radius 2 is 2.17 bits per heavy atom. The summed E-state index contributed by atoms with van der Waals surface area (Å²) in [6.45, 7) is 0.261. The number of esters is 1. The van der Waals surface area contributed by atoms with Gasteiger partial charge in [0.15, 0.2) is 0 Å². The first-order chi connectivity index (χ1) is 5.81. The van der Waals surface area contributed by atoms with Crippen LogP contribution in [0, 0.1) is 0 Å². The molecular weight excluding hydrogens is 176 g/mol. The molecule has 0 aromatic heterocycles. The number of rotatable bonds is 7. The Hall–Kier alpha value is -0.220. The van der Waals surface area contributed by atoms with Gasteiger partial charge < -0.3 is 9.84 Å². The van der Waals surface area contributed by atoms with Crippen LogP contribution in [0.5, 0.6) is 0 Å². The summed E-state index contributed by atoms with van der Waals surface area (Å²) in [5, 5.41) is 8.47. The normalized spacial score (nSPS) is 9.83. The Balaban J connectivity index is 2.95. The molecule has 0 atom stereocenters. The molecule has 0 amide bonds. The first-order valence-corrected chi connectivity index (χ1v) is 5.22. The van der Waals surface area contributed by atoms with Crippen molar-refractivity contribution in [3.63, 3.8) is 0 Å². The second-order valence-corrected chi connectivity index (χ2v) is 3.59. The molecule has 0 saturated heterocycles. The van der Waals surface area contributed by atoms with E-state index < -0.39 is 0 Å². The largest absolute Gasteiger partial charge is 0.469 e. The van der Waals surface area contributed by atoms with E-state index in [1.807, 2.05) is 0 Å². The van der Waals surface area contributed by atoms with Crippen LogP contribution in [0.15, 0.2) is 0 Å². The van der Waals surface area contributed by atoms with E-state index in [2.05, 4.69) is 4.74 Å². The number of unbranched alkanes of at least 4 members (excludes halogenated alkanes) is 1. The number of thioether (sulfide) groups is 1. The van der Waals surface area contributed by atoms with Crippen molar-refractivity contribution >= 4 is 17.7 Å². The first-order valence-electron chi connectivity index (χ1n) is 4.06. The summed E-state index contributed by atoms with van der Waals surface area (Å²) >= 11 is 1.72. The molecule has 0 unspecified atom stereocenters. The molecular formula is C8H16O3S. The highest BCUT2D eigenvalue weighted by Crippen LogP contribution is 2.06. The summed E-state index contributed by atoms with van der Waals surface area (Å²) < 4.78 is 4.49. The van der Waals surface area contributed by atoms with Crippen LogP contribution in [0.4, 0.5) is 0 Å². The average Bonchev–Trinajstić information content (AvgIpc) is 2.10. The summed E-state index contributed by atoms with van der Waals surface area (Å²) in [7, 11) is 1.40. The van der Waals surface area contributed by atoms with Crippen LogP contribution in [-0.4, -0.2) is 36.3 Å². The predicted molar refractivity (Wildman–Crippen MR) is 50.3 cm³/mol. The zero-order valence-electron chi connectivity index (χ0n) is 7.41. The van der Waals surface area contributed by atoms with Gasteiger partial charge >= 0.3 is 5.97 Å². The third-order valence-electron chi connectivity index (χ3n) is 1.37. The zero-order chi connectivity index (χ0) is 9.23. The van der Waals surface area contributed by atoms with Crippen molar-refractivity contribution in [2.75, 3.05) is 25.2 Å². The van der Waals surface area contributed by atoms with E-state index in [0.29, 0.717) is 6.42 Å². The smallest absolute Gasteiger partial charge is 0.306 e. The number of hydrogen-bond acceptors (Lipinski definition) is 4. The summed E-state index contributed by atoms with van der Waals surface area (Å²) in [6.07, 6.45) is 2.36. The minimum atomic E-state index is -0.148. The van der Waals surface area contributed by atoms with Crippen molar-refractivity contribution in [1.82, 2.24) is 0 Å². The van der Waals surface area contributed by atoms with E-state index in [1.54, 1.807) is 11.8 Å². The minimum Gasteiger partial charge on any atom is -0.469 e. The molecule has 0 aromatic carbocycles. The Morgan fingerprint density at radius 1 is 1.42 bits per heavy atom. The average molecular weight is 192 g/mol. The fourth-order valence-electron chi connectivity index (χ4n) is 0.676. The molecule has 0 saturated carbocycles. The molecule has 0 rings (SSSR count). The van der Waals surface area contributed by atoms with Gasteiger partial charge in [-0.05, 0) is 18.6 Å². The van der Waals surface area contributed by atoms with Crippen molar-refractivity contribution in [3.8, 4) is 0 Å². The van der Waals surface area contributed by atoms with Gasteiger partial charge in [0.2, 0.25) is 0 Å². The SMILES string of the molecule is COC(=O)CCSCCCCO. The second-order valence-electron chi connectivity index (χ2n) is 2.37. The molecule has 4 heteroatoms. The fraction of sp³-hybridized carbons (Fsp3) is 0.875. The van der Waals surface area contributed by atoms with E-state index in [-0.39, 0.29) is 12.6 Å². The molecule has 0 bridgehead atoms. The highest BCUT2D eigenvalue weighted by molar-refractivity contribution is 7.99. The molecule has 3 nitrogen and oxygen atoms in total. The molecule has 0 aromatic rings. The number of hydrogen-bond donors (Lipinski definition) is 1. The maximum absolute atomic E-state index is 10.6. The molecule has 12 heavy (non-hydrogen) atoms. The van der Waals surface area contributed by atoms with Crippen LogP contribution in [0.1, 0.15) is 19.3 Å². The van der Waals surface area contributed by atoms with E-state index in [9.17, 15) is 4.79 Å². The molecule has 0 aliphatic heterocycles. The summed E-state index contributed by atoms with van der Waals surface area (Å²) in [5.74, 6) is 1.68. The van der Waals surface area contributed by atoms with Crippen LogP contribution in [0.2, 0.25) is 0 Å². The van der Waals surface area contributed by atoms with Crippen LogP contribution in [-0.2, 0) is 9.53 Å². The van der Waals surface area contributed by atoms with E-state index in [1.165, 1.54) is 7.11 Å². The maximum atomic E-state index is 10.6. The fourth-order valence-corrected chi connectivity index (χ4v) is 1.60. The molecule has 0 radical (unpaired) electrons. The quantitative estimate of drug-likeness (QED) is 0.484. The van der Waals surface area contributed by atoms with Crippen molar-refractivity contribution < 1.29 is 14.6 Å². The highest BCUT2D eigenvalue weighted by Gasteiger charge is 1.98. The predicted octanol–water partition coefficient (Wildman–Crippen LogP) is 1.06. The van der Waals surface area contributed by atoms with E-state index in [4.69, 9.17) is 5.11 Å². The standard InChI is InChI=1S/C8H16O3S/c1-11-8(10)4-7-12-6-3-2-5-9/h9H,2-7H2,1H3. The number of ether oxygens (including phenoxy) is 1. The topological polar surface area (TPSA) is 46.5 Å². The third-order valence-corrected chi connectivity index (χ3v) is 2.45. The zero-order valence-corrected chi connectivity index (χ0v) is 8.23. The molecule has 0 heterocycles. The summed E-state index contributed by atoms with van der Waals surface area (Å²) in [6, 6.07) is 0. The van der Waals surface area contributed by atoms with Gasteiger partial charge in [-0.1, -0.05) is 0 Å².